The quantitative estimate of drug-likeness (QED) is 0.0850. The number of aliphatic hydroxyl groups is 3. The van der Waals surface area contributed by atoms with Gasteiger partial charge in [-0.15, -0.1) is 10.2 Å². The van der Waals surface area contributed by atoms with E-state index in [-0.39, 0.29) is 16.8 Å². The van der Waals surface area contributed by atoms with Crippen molar-refractivity contribution in [2.24, 2.45) is 0 Å². The van der Waals surface area contributed by atoms with Crippen LogP contribution in [-0.2, 0) is 27.0 Å². The third-order valence-corrected chi connectivity index (χ3v) is 8.55. The second-order valence-corrected chi connectivity index (χ2v) is 11.8. The minimum atomic E-state index is -5.14. The maximum Gasteiger partial charge on any atom is 0.359 e. The lowest BCUT2D eigenvalue weighted by atomic mass is 10.1. The van der Waals surface area contributed by atoms with Crippen LogP contribution in [0, 0.1) is 0 Å². The molecule has 0 bridgehead atoms. The van der Waals surface area contributed by atoms with E-state index in [1.165, 1.54) is 10.9 Å². The molecule has 1 fully saturated rings. The molecule has 1 aliphatic heterocycles. The number of H-pyrrole nitrogens is 1. The van der Waals surface area contributed by atoms with Crippen LogP contribution < -0.4 is 5.32 Å². The van der Waals surface area contributed by atoms with Gasteiger partial charge in [0.1, 0.15) is 24.1 Å². The van der Waals surface area contributed by atoms with Crippen molar-refractivity contribution >= 4 is 47.6 Å². The molecule has 0 saturated carbocycles. The third kappa shape index (κ3) is 5.91. The summed E-state index contributed by atoms with van der Waals surface area (Å²) in [6.45, 7) is -1.45. The van der Waals surface area contributed by atoms with Crippen molar-refractivity contribution in [1.29, 1.82) is 0 Å². The zero-order chi connectivity index (χ0) is 29.4. The van der Waals surface area contributed by atoms with Gasteiger partial charge in [0.05, 0.1) is 31.2 Å². The van der Waals surface area contributed by atoms with Gasteiger partial charge in [-0.05, 0) is 23.2 Å². The summed E-state index contributed by atoms with van der Waals surface area (Å²) in [6, 6.07) is 7.23. The van der Waals surface area contributed by atoms with Gasteiger partial charge in [-0.3, -0.25) is 4.57 Å². The van der Waals surface area contributed by atoms with E-state index in [2.05, 4.69) is 41.0 Å². The summed E-state index contributed by atoms with van der Waals surface area (Å²) >= 11 is 12.4. The number of hydrogen-bond donors (Lipinski definition) is 7. The normalized spacial score (nSPS) is 22.7. The summed E-state index contributed by atoms with van der Waals surface area (Å²) < 4.78 is 24.8. The Morgan fingerprint density at radius 2 is 1.98 bits per heavy atom. The molecule has 5 rings (SSSR count). The molecule has 0 spiro atoms. The van der Waals surface area contributed by atoms with Crippen LogP contribution in [0.1, 0.15) is 17.6 Å². The molecule has 7 N–H and O–H groups in total. The Bertz CT molecular complexity index is 1560. The van der Waals surface area contributed by atoms with E-state index in [1.807, 2.05) is 12.1 Å². The molecule has 220 valence electrons. The smallest absolute Gasteiger partial charge is 0.359 e. The Balaban J connectivity index is 1.36. The standard InChI is InChI=1S/C21H24Cl2N9O8P/c22-12-4-2-1-3-10(12)6-24-17-11-7-25-32(18(11)27-20(23)26-17)19-16(35)15(34)13(40-19)8-39-21(9-33,41(36,37)38)5-14-28-30-31-29-14/h1-4,7,13,15-16,19,33-35H,5-6,8-9H2,(H,24,26,27)(H2,36,37,38)(H,28,29,30,31)/t13?,15-,16-,19-,21-/m1/s1. The SMILES string of the molecule is O=P(O)(O)[C@@](CO)(Cc1nn[nH]n1)OCC1O[C@@H](n2ncc3c(NCc4ccccc4Cl)nc(Cl)nc32)[C@H](O)[C@@H]1O. The molecule has 0 radical (unpaired) electrons. The van der Waals surface area contributed by atoms with Gasteiger partial charge >= 0.3 is 7.60 Å². The molecule has 1 unspecified atom stereocenters. The Morgan fingerprint density at radius 3 is 2.66 bits per heavy atom. The van der Waals surface area contributed by atoms with Crippen LogP contribution in [0.15, 0.2) is 30.5 Å². The van der Waals surface area contributed by atoms with E-state index < -0.39 is 57.1 Å². The number of aliphatic hydroxyl groups excluding tert-OH is 3. The van der Waals surface area contributed by atoms with Gasteiger partial charge in [-0.25, -0.2) is 4.68 Å². The highest BCUT2D eigenvalue weighted by Gasteiger charge is 2.52. The summed E-state index contributed by atoms with van der Waals surface area (Å²) in [5.74, 6) is 0.196. The number of fused-ring (bicyclic) bond motifs is 1. The maximum absolute atomic E-state index is 12.3. The molecule has 0 amide bonds. The zero-order valence-electron chi connectivity index (χ0n) is 20.8. The highest BCUT2D eigenvalue weighted by molar-refractivity contribution is 7.53. The van der Waals surface area contributed by atoms with E-state index in [4.69, 9.17) is 32.7 Å². The van der Waals surface area contributed by atoms with E-state index in [9.17, 15) is 29.7 Å². The average Bonchev–Trinajstić information content (AvgIpc) is 3.66. The van der Waals surface area contributed by atoms with E-state index in [1.54, 1.807) is 12.1 Å². The molecule has 1 saturated heterocycles. The molecule has 20 heteroatoms. The van der Waals surface area contributed by atoms with Crippen LogP contribution in [0.2, 0.25) is 10.3 Å². The number of halogens is 2. The third-order valence-electron chi connectivity index (χ3n) is 6.53. The second kappa shape index (κ2) is 11.8. The number of aromatic nitrogens is 8. The molecular weight excluding hydrogens is 608 g/mol. The van der Waals surface area contributed by atoms with Gasteiger partial charge in [-0.1, -0.05) is 35.0 Å². The minimum Gasteiger partial charge on any atom is -0.393 e. The van der Waals surface area contributed by atoms with Crippen molar-refractivity contribution in [2.75, 3.05) is 18.5 Å². The summed E-state index contributed by atoms with van der Waals surface area (Å²) in [5.41, 5.74) is 0.972. The molecule has 4 aromatic rings. The summed E-state index contributed by atoms with van der Waals surface area (Å²) in [4.78, 5) is 28.3. The highest BCUT2D eigenvalue weighted by atomic mass is 35.5. The van der Waals surface area contributed by atoms with Crippen molar-refractivity contribution in [3.63, 3.8) is 0 Å². The fourth-order valence-corrected chi connectivity index (χ4v) is 5.42. The van der Waals surface area contributed by atoms with E-state index in [0.29, 0.717) is 22.8 Å². The van der Waals surface area contributed by atoms with Crippen molar-refractivity contribution in [2.45, 2.75) is 42.8 Å². The lowest BCUT2D eigenvalue weighted by Crippen LogP contribution is -2.43. The number of nitrogens with one attached hydrogen (secondary N) is 2. The zero-order valence-corrected chi connectivity index (χ0v) is 23.2. The molecule has 1 aromatic carbocycles. The summed E-state index contributed by atoms with van der Waals surface area (Å²) in [6.07, 6.45) is -4.92. The molecule has 4 heterocycles. The lowest BCUT2D eigenvalue weighted by Gasteiger charge is -2.32. The predicted octanol–water partition coefficient (Wildman–Crippen LogP) is 0.00310. The van der Waals surface area contributed by atoms with Crippen LogP contribution in [0.5, 0.6) is 0 Å². The van der Waals surface area contributed by atoms with Crippen molar-refractivity contribution in [3.05, 3.63) is 52.2 Å². The monoisotopic (exact) mass is 631 g/mol. The Hall–Kier alpha value is -2.83. The first-order chi connectivity index (χ1) is 19.5. The molecule has 41 heavy (non-hydrogen) atoms. The molecule has 17 nitrogen and oxygen atoms in total. The Morgan fingerprint density at radius 1 is 1.20 bits per heavy atom. The number of hydrogen-bond acceptors (Lipinski definition) is 13. The van der Waals surface area contributed by atoms with Gasteiger partial charge in [0, 0.05) is 11.6 Å². The molecule has 5 atom stereocenters. The predicted molar refractivity (Wildman–Crippen MR) is 141 cm³/mol. The first-order valence-electron chi connectivity index (χ1n) is 12.0. The van der Waals surface area contributed by atoms with Gasteiger partial charge in [0.2, 0.25) is 5.28 Å². The minimum absolute atomic E-state index is 0.133. The highest BCUT2D eigenvalue weighted by Crippen LogP contribution is 2.53. The van der Waals surface area contributed by atoms with Crippen LogP contribution in [-0.4, -0.2) is 102 Å². The Labute approximate surface area is 240 Å². The van der Waals surface area contributed by atoms with Gasteiger partial charge in [-0.2, -0.15) is 20.3 Å². The van der Waals surface area contributed by atoms with Crippen molar-refractivity contribution in [1.82, 2.24) is 40.4 Å². The first kappa shape index (κ1) is 29.7. The topological polar surface area (TPSA) is 247 Å². The van der Waals surface area contributed by atoms with Gasteiger partial charge in [0.25, 0.3) is 0 Å². The van der Waals surface area contributed by atoms with Crippen LogP contribution in [0.4, 0.5) is 5.82 Å². The van der Waals surface area contributed by atoms with Crippen molar-refractivity contribution in [3.8, 4) is 0 Å². The maximum atomic E-state index is 12.3. The summed E-state index contributed by atoms with van der Waals surface area (Å²) in [5, 5.41) is 49.9. The second-order valence-electron chi connectivity index (χ2n) is 9.12. The van der Waals surface area contributed by atoms with Gasteiger partial charge in [0.15, 0.2) is 23.0 Å². The first-order valence-corrected chi connectivity index (χ1v) is 14.3. The lowest BCUT2D eigenvalue weighted by molar-refractivity contribution is -0.109. The van der Waals surface area contributed by atoms with E-state index in [0.717, 1.165) is 5.56 Å². The molecule has 0 aliphatic carbocycles. The molecular formula is C21H24Cl2N9O8P. The number of tetrazole rings is 1. The number of anilines is 1. The largest absolute Gasteiger partial charge is 0.393 e. The number of nitrogens with zero attached hydrogens (tertiary/aromatic N) is 7. The average molecular weight is 632 g/mol. The summed E-state index contributed by atoms with van der Waals surface area (Å²) in [7, 11) is -5.14. The number of ether oxygens (including phenoxy) is 2. The van der Waals surface area contributed by atoms with Crippen LogP contribution >= 0.6 is 30.8 Å². The fourth-order valence-electron chi connectivity index (χ4n) is 4.28. The van der Waals surface area contributed by atoms with Crippen molar-refractivity contribution < 1.29 is 39.1 Å². The number of benzene rings is 1. The molecule has 1 aliphatic rings. The van der Waals surface area contributed by atoms with E-state index >= 15 is 0 Å². The number of aromatic amines is 1. The Kier molecular flexibility index (Phi) is 8.54. The van der Waals surface area contributed by atoms with Crippen LogP contribution in [0.25, 0.3) is 11.0 Å². The number of rotatable bonds is 11. The fraction of sp³-hybridized carbons (Fsp3) is 0.429. The van der Waals surface area contributed by atoms with Crippen LogP contribution in [0.3, 0.4) is 0 Å². The van der Waals surface area contributed by atoms with Gasteiger partial charge < -0.3 is 39.9 Å². The molecule has 3 aromatic heterocycles.